The molecule has 0 aromatic heterocycles. The van der Waals surface area contributed by atoms with Crippen LogP contribution in [0.1, 0.15) is 37.6 Å². The summed E-state index contributed by atoms with van der Waals surface area (Å²) < 4.78 is 10.4. The molecule has 0 saturated carbocycles. The summed E-state index contributed by atoms with van der Waals surface area (Å²) in [6.07, 6.45) is 0.0203. The Kier molecular flexibility index (Phi) is 6.02. The molecule has 0 bridgehead atoms. The minimum Gasteiger partial charge on any atom is -0.497 e. The second kappa shape index (κ2) is 7.52. The zero-order valence-electron chi connectivity index (χ0n) is 12.7. The molecule has 6 nitrogen and oxygen atoms in total. The first kappa shape index (κ1) is 16.8. The number of ether oxygens (including phenoxy) is 2. The number of methoxy groups -OCH3 is 1. The number of benzene rings is 1. The molecule has 2 atom stereocenters. The van der Waals surface area contributed by atoms with Gasteiger partial charge in [0.15, 0.2) is 6.10 Å². The van der Waals surface area contributed by atoms with E-state index in [-0.39, 0.29) is 23.3 Å². The Bertz CT molecular complexity index is 515. The van der Waals surface area contributed by atoms with Crippen molar-refractivity contribution < 1.29 is 24.2 Å². The first-order chi connectivity index (χ1) is 9.88. The Morgan fingerprint density at radius 2 is 2.00 bits per heavy atom. The third kappa shape index (κ3) is 4.66. The Morgan fingerprint density at radius 3 is 2.52 bits per heavy atom. The highest BCUT2D eigenvalue weighted by Crippen LogP contribution is 2.25. The number of hydrogen-bond acceptors (Lipinski definition) is 4. The van der Waals surface area contributed by atoms with Crippen LogP contribution < -0.4 is 14.8 Å². The molecule has 0 saturated heterocycles. The summed E-state index contributed by atoms with van der Waals surface area (Å²) in [7, 11) is 1.45. The van der Waals surface area contributed by atoms with Crippen molar-refractivity contribution in [3.8, 4) is 11.5 Å². The molecule has 1 amide bonds. The van der Waals surface area contributed by atoms with Crippen molar-refractivity contribution in [2.75, 3.05) is 7.11 Å². The fourth-order valence-electron chi connectivity index (χ4n) is 1.61. The van der Waals surface area contributed by atoms with Gasteiger partial charge < -0.3 is 19.9 Å². The number of carboxylic acids is 1. The summed E-state index contributed by atoms with van der Waals surface area (Å²) >= 11 is 0. The molecule has 0 fully saturated rings. The van der Waals surface area contributed by atoms with Gasteiger partial charge in [0.25, 0.3) is 5.91 Å². The van der Waals surface area contributed by atoms with Crippen molar-refractivity contribution in [2.45, 2.75) is 39.3 Å². The van der Waals surface area contributed by atoms with Gasteiger partial charge in [0.05, 0.1) is 7.11 Å². The van der Waals surface area contributed by atoms with Crippen LogP contribution in [-0.4, -0.2) is 36.2 Å². The zero-order valence-corrected chi connectivity index (χ0v) is 12.7. The summed E-state index contributed by atoms with van der Waals surface area (Å²) in [6, 6.07) is 4.46. The summed E-state index contributed by atoms with van der Waals surface area (Å²) in [6.45, 7) is 5.43. The minimum atomic E-state index is -1.14. The first-order valence-electron chi connectivity index (χ1n) is 6.77. The number of carboxylic acid groups (broad SMARTS) is 1. The van der Waals surface area contributed by atoms with Gasteiger partial charge in [0, 0.05) is 6.04 Å². The van der Waals surface area contributed by atoms with Gasteiger partial charge in [-0.25, -0.2) is 4.79 Å². The average molecular weight is 295 g/mol. The number of carbonyl (C=O) groups is 2. The highest BCUT2D eigenvalue weighted by Gasteiger charge is 2.20. The van der Waals surface area contributed by atoms with E-state index in [4.69, 9.17) is 9.47 Å². The quantitative estimate of drug-likeness (QED) is 0.804. The van der Waals surface area contributed by atoms with Crippen LogP contribution in [0.4, 0.5) is 0 Å². The van der Waals surface area contributed by atoms with Crippen molar-refractivity contribution in [1.29, 1.82) is 0 Å². The third-order valence-electron chi connectivity index (χ3n) is 3.09. The molecule has 1 rings (SSSR count). The van der Waals surface area contributed by atoms with Crippen LogP contribution in [0.15, 0.2) is 18.2 Å². The lowest BCUT2D eigenvalue weighted by atomic mass is 10.2. The van der Waals surface area contributed by atoms with E-state index >= 15 is 0 Å². The average Bonchev–Trinajstić information content (AvgIpc) is 2.46. The van der Waals surface area contributed by atoms with Crippen LogP contribution in [0.2, 0.25) is 0 Å². The summed E-state index contributed by atoms with van der Waals surface area (Å²) in [5.41, 5.74) is -0.0439. The normalized spacial score (nSPS) is 13.1. The lowest BCUT2D eigenvalue weighted by molar-refractivity contribution is -0.127. The summed E-state index contributed by atoms with van der Waals surface area (Å²) in [4.78, 5) is 23.1. The van der Waals surface area contributed by atoms with Crippen LogP contribution in [0, 0.1) is 0 Å². The number of amides is 1. The molecule has 2 N–H and O–H groups in total. The first-order valence-corrected chi connectivity index (χ1v) is 6.77. The van der Waals surface area contributed by atoms with Crippen molar-refractivity contribution in [2.24, 2.45) is 0 Å². The molecular formula is C15H21NO5. The SMILES string of the molecule is CCC(C)NC(=O)C(C)Oc1ccc(OC)cc1C(=O)O. The van der Waals surface area contributed by atoms with E-state index in [2.05, 4.69) is 5.32 Å². The molecule has 2 unspecified atom stereocenters. The van der Waals surface area contributed by atoms with Gasteiger partial charge in [-0.15, -0.1) is 0 Å². The molecule has 0 aliphatic rings. The number of nitrogens with one attached hydrogen (secondary N) is 1. The van der Waals surface area contributed by atoms with Crippen LogP contribution in [0.3, 0.4) is 0 Å². The topological polar surface area (TPSA) is 84.9 Å². The second-order valence-electron chi connectivity index (χ2n) is 4.75. The van der Waals surface area contributed by atoms with Gasteiger partial charge in [0.1, 0.15) is 17.1 Å². The molecule has 1 aromatic rings. The molecular weight excluding hydrogens is 274 g/mol. The van der Waals surface area contributed by atoms with E-state index in [9.17, 15) is 14.7 Å². The fourth-order valence-corrected chi connectivity index (χ4v) is 1.61. The Labute approximate surface area is 124 Å². The van der Waals surface area contributed by atoms with Crippen molar-refractivity contribution in [1.82, 2.24) is 5.32 Å². The van der Waals surface area contributed by atoms with Gasteiger partial charge >= 0.3 is 5.97 Å². The second-order valence-corrected chi connectivity index (χ2v) is 4.75. The van der Waals surface area contributed by atoms with Gasteiger partial charge in [-0.05, 0) is 38.5 Å². The van der Waals surface area contributed by atoms with Crippen LogP contribution in [-0.2, 0) is 4.79 Å². The molecule has 0 spiro atoms. The smallest absolute Gasteiger partial charge is 0.339 e. The van der Waals surface area contributed by atoms with E-state index in [0.717, 1.165) is 6.42 Å². The Balaban J connectivity index is 2.86. The van der Waals surface area contributed by atoms with Crippen molar-refractivity contribution >= 4 is 11.9 Å². The number of rotatable bonds is 7. The van der Waals surface area contributed by atoms with Crippen molar-refractivity contribution in [3.05, 3.63) is 23.8 Å². The molecule has 6 heteroatoms. The van der Waals surface area contributed by atoms with E-state index in [1.807, 2.05) is 13.8 Å². The summed E-state index contributed by atoms with van der Waals surface area (Å²) in [5, 5.41) is 12.0. The molecule has 0 aliphatic heterocycles. The van der Waals surface area contributed by atoms with Gasteiger partial charge in [-0.3, -0.25) is 4.79 Å². The molecule has 0 aliphatic carbocycles. The van der Waals surface area contributed by atoms with Crippen LogP contribution in [0.5, 0.6) is 11.5 Å². The predicted octanol–water partition coefficient (Wildman–Crippen LogP) is 2.08. The van der Waals surface area contributed by atoms with Crippen LogP contribution >= 0.6 is 0 Å². The molecule has 1 aromatic carbocycles. The van der Waals surface area contributed by atoms with E-state index < -0.39 is 12.1 Å². The van der Waals surface area contributed by atoms with Gasteiger partial charge in [-0.1, -0.05) is 6.92 Å². The Morgan fingerprint density at radius 1 is 1.33 bits per heavy atom. The van der Waals surface area contributed by atoms with Gasteiger partial charge in [0.2, 0.25) is 0 Å². The molecule has 21 heavy (non-hydrogen) atoms. The van der Waals surface area contributed by atoms with Gasteiger partial charge in [-0.2, -0.15) is 0 Å². The maximum Gasteiger partial charge on any atom is 0.339 e. The predicted molar refractivity (Wildman–Crippen MR) is 77.9 cm³/mol. The maximum atomic E-state index is 11.9. The Hall–Kier alpha value is -2.24. The standard InChI is InChI=1S/C15H21NO5/c1-5-9(2)16-14(17)10(3)21-13-7-6-11(20-4)8-12(13)15(18)19/h6-10H,5H2,1-4H3,(H,16,17)(H,18,19). The zero-order chi connectivity index (χ0) is 16.0. The largest absolute Gasteiger partial charge is 0.497 e. The molecule has 116 valence electrons. The highest BCUT2D eigenvalue weighted by molar-refractivity contribution is 5.91. The highest BCUT2D eigenvalue weighted by atomic mass is 16.5. The monoisotopic (exact) mass is 295 g/mol. The number of hydrogen-bond donors (Lipinski definition) is 2. The number of aromatic carboxylic acids is 1. The lowest BCUT2D eigenvalue weighted by Crippen LogP contribution is -2.41. The van der Waals surface area contributed by atoms with E-state index in [1.54, 1.807) is 13.0 Å². The molecule has 0 radical (unpaired) electrons. The van der Waals surface area contributed by atoms with Crippen LogP contribution in [0.25, 0.3) is 0 Å². The molecule has 0 heterocycles. The fraction of sp³-hybridized carbons (Fsp3) is 0.467. The minimum absolute atomic E-state index is 0.0401. The van der Waals surface area contributed by atoms with E-state index in [0.29, 0.717) is 5.75 Å². The maximum absolute atomic E-state index is 11.9. The van der Waals surface area contributed by atoms with Crippen molar-refractivity contribution in [3.63, 3.8) is 0 Å². The lowest BCUT2D eigenvalue weighted by Gasteiger charge is -2.19. The third-order valence-corrected chi connectivity index (χ3v) is 3.09. The summed E-state index contributed by atoms with van der Waals surface area (Å²) in [5.74, 6) is -0.874. The number of carbonyl (C=O) groups excluding carboxylic acids is 1. The van der Waals surface area contributed by atoms with E-state index in [1.165, 1.54) is 19.2 Å².